The van der Waals surface area contributed by atoms with Gasteiger partial charge in [0, 0.05) is 29.1 Å². The number of aromatic amines is 1. The number of benzene rings is 1. The van der Waals surface area contributed by atoms with E-state index in [4.69, 9.17) is 4.42 Å². The van der Waals surface area contributed by atoms with Crippen molar-refractivity contribution in [3.05, 3.63) is 52.5 Å². The summed E-state index contributed by atoms with van der Waals surface area (Å²) in [6.45, 7) is 7.87. The second kappa shape index (κ2) is 5.91. The zero-order valence-corrected chi connectivity index (χ0v) is 13.9. The molecule has 3 aromatic rings. The molecule has 0 saturated carbocycles. The summed E-state index contributed by atoms with van der Waals surface area (Å²) in [5.41, 5.74) is 4.72. The molecule has 5 heteroatoms. The van der Waals surface area contributed by atoms with Gasteiger partial charge in [-0.1, -0.05) is 11.6 Å². The quantitative estimate of drug-likeness (QED) is 0.775. The Morgan fingerprint density at radius 1 is 1.30 bits per heavy atom. The third kappa shape index (κ3) is 3.13. The number of nitrogens with zero attached hydrogens (tertiary/aromatic N) is 1. The number of hydrogen-bond acceptors (Lipinski definition) is 3. The minimum Gasteiger partial charge on any atom is -0.451 e. The van der Waals surface area contributed by atoms with Crippen molar-refractivity contribution in [3.63, 3.8) is 0 Å². The zero-order chi connectivity index (χ0) is 16.6. The number of H-pyrrole nitrogens is 1. The summed E-state index contributed by atoms with van der Waals surface area (Å²) in [5, 5.41) is 11.1. The monoisotopic (exact) mass is 311 g/mol. The van der Waals surface area contributed by atoms with Gasteiger partial charge >= 0.3 is 0 Å². The smallest absolute Gasteiger partial charge is 0.287 e. The fourth-order valence-corrected chi connectivity index (χ4v) is 2.78. The fraction of sp³-hybridized carbons (Fsp3) is 0.333. The molecule has 0 aliphatic heterocycles. The number of hydrogen-bond donors (Lipinski definition) is 2. The van der Waals surface area contributed by atoms with Crippen LogP contribution < -0.4 is 5.32 Å². The molecule has 2 aromatic heterocycles. The molecule has 23 heavy (non-hydrogen) atoms. The number of aromatic nitrogens is 2. The van der Waals surface area contributed by atoms with Crippen molar-refractivity contribution < 1.29 is 9.21 Å². The van der Waals surface area contributed by atoms with Gasteiger partial charge in [-0.3, -0.25) is 9.89 Å². The third-order valence-corrected chi connectivity index (χ3v) is 3.95. The number of furan rings is 1. The van der Waals surface area contributed by atoms with Crippen LogP contribution in [-0.2, 0) is 6.42 Å². The molecule has 120 valence electrons. The second-order valence-corrected chi connectivity index (χ2v) is 6.18. The summed E-state index contributed by atoms with van der Waals surface area (Å²) < 4.78 is 5.74. The van der Waals surface area contributed by atoms with E-state index in [0.717, 1.165) is 33.5 Å². The molecule has 0 fully saturated rings. The summed E-state index contributed by atoms with van der Waals surface area (Å²) >= 11 is 0. The van der Waals surface area contributed by atoms with Crippen LogP contribution in [0.15, 0.2) is 28.7 Å². The number of carbonyl (C=O) groups excluding carboxylic acids is 1. The van der Waals surface area contributed by atoms with Crippen LogP contribution in [0.25, 0.3) is 11.0 Å². The second-order valence-electron chi connectivity index (χ2n) is 6.18. The van der Waals surface area contributed by atoms with E-state index in [9.17, 15) is 4.79 Å². The van der Waals surface area contributed by atoms with E-state index in [1.807, 2.05) is 52.0 Å². The normalized spacial score (nSPS) is 12.5. The Labute approximate surface area is 135 Å². The van der Waals surface area contributed by atoms with Crippen molar-refractivity contribution >= 4 is 16.9 Å². The minimum absolute atomic E-state index is 0.0282. The van der Waals surface area contributed by atoms with Crippen LogP contribution in [0.3, 0.4) is 0 Å². The molecule has 0 bridgehead atoms. The molecule has 1 atom stereocenters. The minimum atomic E-state index is -0.184. The van der Waals surface area contributed by atoms with Gasteiger partial charge in [-0.2, -0.15) is 5.10 Å². The lowest BCUT2D eigenvalue weighted by Crippen LogP contribution is -2.34. The highest BCUT2D eigenvalue weighted by molar-refractivity contribution is 5.99. The van der Waals surface area contributed by atoms with Crippen molar-refractivity contribution in [1.82, 2.24) is 15.5 Å². The number of carbonyl (C=O) groups is 1. The van der Waals surface area contributed by atoms with E-state index in [0.29, 0.717) is 12.2 Å². The number of amides is 1. The van der Waals surface area contributed by atoms with Gasteiger partial charge in [0.25, 0.3) is 5.91 Å². The Morgan fingerprint density at radius 3 is 2.78 bits per heavy atom. The van der Waals surface area contributed by atoms with Crippen molar-refractivity contribution in [3.8, 4) is 0 Å². The molecule has 5 nitrogen and oxygen atoms in total. The van der Waals surface area contributed by atoms with E-state index in [1.165, 1.54) is 0 Å². The van der Waals surface area contributed by atoms with Crippen LogP contribution in [0.4, 0.5) is 0 Å². The molecule has 0 aliphatic carbocycles. The molecule has 0 spiro atoms. The highest BCUT2D eigenvalue weighted by Gasteiger charge is 2.19. The highest BCUT2D eigenvalue weighted by Crippen LogP contribution is 2.26. The molecule has 0 aliphatic rings. The standard InChI is InChI=1S/C18H21N3O2/c1-10-5-6-16-15(7-10)13(4)17(23-16)18(22)19-11(2)8-14-9-12(3)20-21-14/h5-7,9,11H,8H2,1-4H3,(H,19,22)(H,20,21)/t11-/m0/s1. The predicted octanol–water partition coefficient (Wildman–Crippen LogP) is 3.44. The van der Waals surface area contributed by atoms with Crippen molar-refractivity contribution in [2.75, 3.05) is 0 Å². The van der Waals surface area contributed by atoms with Gasteiger partial charge in [0.05, 0.1) is 5.69 Å². The molecule has 2 heterocycles. The van der Waals surface area contributed by atoms with E-state index >= 15 is 0 Å². The van der Waals surface area contributed by atoms with Gasteiger partial charge in [-0.05, 0) is 45.9 Å². The Kier molecular flexibility index (Phi) is 3.94. The Morgan fingerprint density at radius 2 is 2.09 bits per heavy atom. The zero-order valence-electron chi connectivity index (χ0n) is 13.9. The lowest BCUT2D eigenvalue weighted by molar-refractivity contribution is 0.0913. The summed E-state index contributed by atoms with van der Waals surface area (Å²) in [6.07, 6.45) is 0.675. The maximum atomic E-state index is 12.5. The van der Waals surface area contributed by atoms with Crippen LogP contribution >= 0.6 is 0 Å². The lowest BCUT2D eigenvalue weighted by Gasteiger charge is -2.11. The molecule has 3 rings (SSSR count). The molecular formula is C18H21N3O2. The van der Waals surface area contributed by atoms with Crippen LogP contribution in [-0.4, -0.2) is 22.1 Å². The van der Waals surface area contributed by atoms with Crippen LogP contribution in [0.2, 0.25) is 0 Å². The van der Waals surface area contributed by atoms with Crippen LogP contribution in [0.1, 0.15) is 40.0 Å². The maximum Gasteiger partial charge on any atom is 0.287 e. The number of rotatable bonds is 4. The summed E-state index contributed by atoms with van der Waals surface area (Å²) in [4.78, 5) is 12.5. The molecule has 0 radical (unpaired) electrons. The highest BCUT2D eigenvalue weighted by atomic mass is 16.3. The van der Waals surface area contributed by atoms with Crippen molar-refractivity contribution in [2.24, 2.45) is 0 Å². The van der Waals surface area contributed by atoms with E-state index in [1.54, 1.807) is 0 Å². The largest absolute Gasteiger partial charge is 0.451 e. The van der Waals surface area contributed by atoms with Gasteiger partial charge < -0.3 is 9.73 Å². The molecular weight excluding hydrogens is 290 g/mol. The lowest BCUT2D eigenvalue weighted by atomic mass is 10.1. The first-order chi connectivity index (χ1) is 10.9. The third-order valence-electron chi connectivity index (χ3n) is 3.95. The Hall–Kier alpha value is -2.56. The predicted molar refractivity (Wildman–Crippen MR) is 89.6 cm³/mol. The van der Waals surface area contributed by atoms with Gasteiger partial charge in [-0.25, -0.2) is 0 Å². The van der Waals surface area contributed by atoms with Crippen molar-refractivity contribution in [1.29, 1.82) is 0 Å². The van der Waals surface area contributed by atoms with E-state index < -0.39 is 0 Å². The first-order valence-corrected chi connectivity index (χ1v) is 7.75. The summed E-state index contributed by atoms with van der Waals surface area (Å²) in [7, 11) is 0. The molecule has 0 saturated heterocycles. The van der Waals surface area contributed by atoms with Gasteiger partial charge in [0.1, 0.15) is 5.58 Å². The number of fused-ring (bicyclic) bond motifs is 1. The maximum absolute atomic E-state index is 12.5. The molecule has 2 N–H and O–H groups in total. The topological polar surface area (TPSA) is 70.9 Å². The summed E-state index contributed by atoms with van der Waals surface area (Å²) in [5.74, 6) is 0.201. The first-order valence-electron chi connectivity index (χ1n) is 7.75. The molecule has 1 aromatic carbocycles. The van der Waals surface area contributed by atoms with Crippen LogP contribution in [0.5, 0.6) is 0 Å². The average molecular weight is 311 g/mol. The van der Waals surface area contributed by atoms with Gasteiger partial charge in [0.15, 0.2) is 5.76 Å². The van der Waals surface area contributed by atoms with Crippen LogP contribution in [0, 0.1) is 20.8 Å². The van der Waals surface area contributed by atoms with E-state index in [2.05, 4.69) is 15.5 Å². The SMILES string of the molecule is Cc1ccc2oc(C(=O)N[C@@H](C)Cc3cc(C)[nH]n3)c(C)c2c1. The van der Waals surface area contributed by atoms with Crippen molar-refractivity contribution in [2.45, 2.75) is 40.2 Å². The average Bonchev–Trinajstić information content (AvgIpc) is 3.03. The Balaban J connectivity index is 1.76. The van der Waals surface area contributed by atoms with Gasteiger partial charge in [-0.15, -0.1) is 0 Å². The number of nitrogens with one attached hydrogen (secondary N) is 2. The molecule has 1 amide bonds. The first kappa shape index (κ1) is 15.3. The Bertz CT molecular complexity index is 860. The van der Waals surface area contributed by atoms with Gasteiger partial charge in [0.2, 0.25) is 0 Å². The molecule has 0 unspecified atom stereocenters. The fourth-order valence-electron chi connectivity index (χ4n) is 2.78. The summed E-state index contributed by atoms with van der Waals surface area (Å²) in [6, 6.07) is 7.89. The van der Waals surface area contributed by atoms with E-state index in [-0.39, 0.29) is 11.9 Å². The number of aryl methyl sites for hydroxylation is 3.